The summed E-state index contributed by atoms with van der Waals surface area (Å²) in [7, 11) is 0. The second kappa shape index (κ2) is 10.0. The molecule has 2 aromatic heterocycles. The number of aromatic amines is 1. The Morgan fingerprint density at radius 2 is 1.91 bits per heavy atom. The molecule has 2 heterocycles. The number of hydrogen-bond donors (Lipinski definition) is 1. The van der Waals surface area contributed by atoms with Crippen LogP contribution in [0.1, 0.15) is 51.5 Å². The zero-order valence-corrected chi connectivity index (χ0v) is 20.2. The molecule has 7 nitrogen and oxygen atoms in total. The molecular formula is C24H22ClN3O4S. The molecule has 0 fully saturated rings. The van der Waals surface area contributed by atoms with E-state index in [1.165, 1.54) is 4.57 Å². The Morgan fingerprint density at radius 3 is 2.48 bits per heavy atom. The highest BCUT2D eigenvalue weighted by Crippen LogP contribution is 2.21. The lowest BCUT2D eigenvalue weighted by molar-refractivity contribution is 0.0525. The van der Waals surface area contributed by atoms with Crippen LogP contribution in [0.3, 0.4) is 0 Å². The molecule has 0 atom stereocenters. The van der Waals surface area contributed by atoms with Crippen LogP contribution in [-0.2, 0) is 11.3 Å². The van der Waals surface area contributed by atoms with Crippen molar-refractivity contribution in [3.8, 4) is 6.07 Å². The second-order valence-corrected chi connectivity index (χ2v) is 8.65. The summed E-state index contributed by atoms with van der Waals surface area (Å²) in [5.74, 6) is -1.13. The number of halogens is 1. The van der Waals surface area contributed by atoms with Gasteiger partial charge >= 0.3 is 5.97 Å². The monoisotopic (exact) mass is 483 g/mol. The van der Waals surface area contributed by atoms with Crippen molar-refractivity contribution in [3.63, 3.8) is 0 Å². The highest BCUT2D eigenvalue weighted by atomic mass is 35.5. The Morgan fingerprint density at radius 1 is 1.24 bits per heavy atom. The number of nitriles is 1. The maximum atomic E-state index is 13.4. The Balaban J connectivity index is 2.22. The number of aryl methyl sites for hydroxylation is 1. The number of carbonyl (C=O) groups excluding carboxylic acids is 2. The maximum absolute atomic E-state index is 13.4. The number of nitrogens with zero attached hydrogens (tertiary/aromatic N) is 2. The van der Waals surface area contributed by atoms with E-state index in [0.717, 1.165) is 16.9 Å². The molecule has 0 saturated heterocycles. The molecule has 0 aliphatic carbocycles. The molecule has 0 aliphatic rings. The number of hydrogen-bond acceptors (Lipinski definition) is 6. The van der Waals surface area contributed by atoms with E-state index in [0.29, 0.717) is 20.8 Å². The van der Waals surface area contributed by atoms with Gasteiger partial charge in [-0.3, -0.25) is 14.2 Å². The topological polar surface area (TPSA) is 105 Å². The third-order valence-corrected chi connectivity index (χ3v) is 6.47. The highest BCUT2D eigenvalue weighted by molar-refractivity contribution is 7.07. The van der Waals surface area contributed by atoms with Crippen molar-refractivity contribution in [2.24, 2.45) is 0 Å². The normalized spacial score (nSPS) is 12.4. The molecule has 0 spiro atoms. The highest BCUT2D eigenvalue weighted by Gasteiger charge is 2.26. The fourth-order valence-electron chi connectivity index (χ4n) is 3.51. The summed E-state index contributed by atoms with van der Waals surface area (Å²) in [6.07, 6.45) is 1.70. The van der Waals surface area contributed by atoms with Crippen molar-refractivity contribution in [1.29, 1.82) is 5.26 Å². The van der Waals surface area contributed by atoms with Crippen LogP contribution in [0.5, 0.6) is 0 Å². The van der Waals surface area contributed by atoms with Gasteiger partial charge in [0.2, 0.25) is 5.78 Å². The molecule has 1 aromatic carbocycles. The van der Waals surface area contributed by atoms with Crippen molar-refractivity contribution >= 4 is 46.3 Å². The van der Waals surface area contributed by atoms with Gasteiger partial charge in [0.25, 0.3) is 5.56 Å². The SMILES string of the molecule is CCOC(=O)c1c(C)[nH]c(C(=O)C(C#N)=c2sc(=Cc3ccc(Cl)cc3)c(=O)n2CC)c1C. The van der Waals surface area contributed by atoms with Crippen molar-refractivity contribution < 1.29 is 14.3 Å². The number of esters is 1. The van der Waals surface area contributed by atoms with Gasteiger partial charge in [-0.05, 0) is 57.0 Å². The molecule has 3 aromatic rings. The van der Waals surface area contributed by atoms with Gasteiger partial charge in [0, 0.05) is 17.3 Å². The summed E-state index contributed by atoms with van der Waals surface area (Å²) < 4.78 is 7.13. The van der Waals surface area contributed by atoms with E-state index >= 15 is 0 Å². The number of carbonyl (C=O) groups is 2. The van der Waals surface area contributed by atoms with Gasteiger partial charge in [-0.2, -0.15) is 5.26 Å². The van der Waals surface area contributed by atoms with Crippen LogP contribution in [-0.4, -0.2) is 27.9 Å². The standard InChI is InChI=1S/C24H22ClN3O4S/c1-5-28-22(30)18(11-15-7-9-16(25)10-8-15)33-23(28)17(12-26)21(29)20-13(3)19(14(4)27-20)24(31)32-6-2/h7-11,27H,5-6H2,1-4H3. The van der Waals surface area contributed by atoms with Gasteiger partial charge in [-0.1, -0.05) is 23.7 Å². The van der Waals surface area contributed by atoms with Crippen LogP contribution >= 0.6 is 22.9 Å². The molecule has 0 saturated carbocycles. The quantitative estimate of drug-likeness (QED) is 0.428. The minimum Gasteiger partial charge on any atom is -0.462 e. The van der Waals surface area contributed by atoms with Crippen LogP contribution in [0.2, 0.25) is 5.02 Å². The van der Waals surface area contributed by atoms with E-state index < -0.39 is 11.8 Å². The lowest BCUT2D eigenvalue weighted by atomic mass is 10.0. The fourth-order valence-corrected chi connectivity index (χ4v) is 4.80. The molecule has 0 amide bonds. The third-order valence-electron chi connectivity index (χ3n) is 5.09. The first-order valence-electron chi connectivity index (χ1n) is 10.3. The van der Waals surface area contributed by atoms with Crippen molar-refractivity contribution in [3.05, 3.63) is 76.9 Å². The fraction of sp³-hybridized carbons (Fsp3) is 0.250. The van der Waals surface area contributed by atoms with Gasteiger partial charge in [0.1, 0.15) is 16.3 Å². The summed E-state index contributed by atoms with van der Waals surface area (Å²) in [5.41, 5.74) is 1.58. The first-order valence-corrected chi connectivity index (χ1v) is 11.4. The van der Waals surface area contributed by atoms with E-state index in [4.69, 9.17) is 16.3 Å². The van der Waals surface area contributed by atoms with Gasteiger partial charge in [0.05, 0.1) is 22.4 Å². The predicted molar refractivity (Wildman–Crippen MR) is 128 cm³/mol. The molecule has 0 unspecified atom stereocenters. The van der Waals surface area contributed by atoms with E-state index in [-0.39, 0.29) is 40.2 Å². The molecule has 9 heteroatoms. The molecule has 0 bridgehead atoms. The van der Waals surface area contributed by atoms with Crippen LogP contribution in [0.15, 0.2) is 29.1 Å². The van der Waals surface area contributed by atoms with E-state index in [2.05, 4.69) is 4.98 Å². The average Bonchev–Trinajstić information content (AvgIpc) is 3.25. The van der Waals surface area contributed by atoms with Crippen LogP contribution in [0.25, 0.3) is 11.6 Å². The molecule has 0 radical (unpaired) electrons. The van der Waals surface area contributed by atoms with Crippen molar-refractivity contribution in [1.82, 2.24) is 9.55 Å². The lowest BCUT2D eigenvalue weighted by Crippen LogP contribution is -2.32. The number of Topliss-reactive ketones (excluding diaryl/α,β-unsaturated/α-hetero) is 1. The summed E-state index contributed by atoms with van der Waals surface area (Å²) in [6.45, 7) is 7.24. The maximum Gasteiger partial charge on any atom is 0.340 e. The smallest absolute Gasteiger partial charge is 0.340 e. The minimum absolute atomic E-state index is 0.124. The van der Waals surface area contributed by atoms with Gasteiger partial charge < -0.3 is 9.72 Å². The number of ether oxygens (including phenoxy) is 1. The Hall–Kier alpha value is -3.41. The molecule has 3 rings (SSSR count). The molecule has 33 heavy (non-hydrogen) atoms. The number of ketones is 1. The summed E-state index contributed by atoms with van der Waals surface area (Å²) in [5, 5.41) is 10.4. The Kier molecular flexibility index (Phi) is 7.36. The number of nitrogens with one attached hydrogen (secondary N) is 1. The Bertz CT molecular complexity index is 1450. The number of benzene rings is 1. The third kappa shape index (κ3) is 4.70. The average molecular weight is 484 g/mol. The van der Waals surface area contributed by atoms with E-state index in [1.807, 2.05) is 6.07 Å². The summed E-state index contributed by atoms with van der Waals surface area (Å²) in [4.78, 5) is 41.5. The molecule has 170 valence electrons. The number of aromatic nitrogens is 2. The predicted octanol–water partition coefficient (Wildman–Crippen LogP) is 3.09. The summed E-state index contributed by atoms with van der Waals surface area (Å²) >= 11 is 7.00. The van der Waals surface area contributed by atoms with Crippen molar-refractivity contribution in [2.75, 3.05) is 6.61 Å². The number of H-pyrrole nitrogens is 1. The van der Waals surface area contributed by atoms with Gasteiger partial charge in [-0.15, -0.1) is 11.3 Å². The van der Waals surface area contributed by atoms with Gasteiger partial charge in [0.15, 0.2) is 0 Å². The number of rotatable bonds is 6. The lowest BCUT2D eigenvalue weighted by Gasteiger charge is -2.03. The Labute approximate surface area is 199 Å². The zero-order chi connectivity index (χ0) is 24.3. The van der Waals surface area contributed by atoms with Crippen LogP contribution < -0.4 is 14.8 Å². The largest absolute Gasteiger partial charge is 0.462 e. The first kappa shape index (κ1) is 24.2. The van der Waals surface area contributed by atoms with Crippen LogP contribution in [0.4, 0.5) is 0 Å². The summed E-state index contributed by atoms with van der Waals surface area (Å²) in [6, 6.07) is 8.95. The first-order chi connectivity index (χ1) is 15.7. The minimum atomic E-state index is -0.588. The molecular weight excluding hydrogens is 462 g/mol. The van der Waals surface area contributed by atoms with Crippen LogP contribution in [0, 0.1) is 25.2 Å². The molecule has 0 aliphatic heterocycles. The zero-order valence-electron chi connectivity index (χ0n) is 18.6. The van der Waals surface area contributed by atoms with E-state index in [1.54, 1.807) is 58.0 Å². The van der Waals surface area contributed by atoms with E-state index in [9.17, 15) is 19.6 Å². The number of thiazole rings is 1. The van der Waals surface area contributed by atoms with Crippen molar-refractivity contribution in [2.45, 2.75) is 34.2 Å². The second-order valence-electron chi connectivity index (χ2n) is 7.18. The van der Waals surface area contributed by atoms with Gasteiger partial charge in [-0.25, -0.2) is 4.79 Å². The molecule has 1 N–H and O–H groups in total.